The average Bonchev–Trinajstić information content (AvgIpc) is 3.47. The van der Waals surface area contributed by atoms with Gasteiger partial charge in [-0.3, -0.25) is 4.79 Å². The van der Waals surface area contributed by atoms with E-state index in [2.05, 4.69) is 10.6 Å². The Labute approximate surface area is 232 Å². The number of thiophene rings is 1. The zero-order valence-electron chi connectivity index (χ0n) is 21.9. The Morgan fingerprint density at radius 2 is 1.90 bits per heavy atom. The molecule has 4 rings (SSSR count). The highest BCUT2D eigenvalue weighted by atomic mass is 32.2. The summed E-state index contributed by atoms with van der Waals surface area (Å²) in [5.74, 6) is -0.536. The van der Waals surface area contributed by atoms with Crippen LogP contribution in [-0.2, 0) is 10.0 Å². The van der Waals surface area contributed by atoms with Gasteiger partial charge in [0.25, 0.3) is 15.9 Å². The van der Waals surface area contributed by atoms with Crippen molar-refractivity contribution in [1.82, 2.24) is 9.21 Å². The van der Waals surface area contributed by atoms with Crippen LogP contribution < -0.4 is 15.4 Å². The molecule has 1 aliphatic rings. The van der Waals surface area contributed by atoms with Crippen molar-refractivity contribution in [3.8, 4) is 5.75 Å². The maximum atomic E-state index is 13.6. The van der Waals surface area contributed by atoms with Crippen LogP contribution in [0, 0.1) is 5.92 Å². The number of amides is 3. The number of hydrogen-bond donors (Lipinski definition) is 3. The number of benzene rings is 2. The number of likely N-dealkylation sites (N-methyl/N-ethyl adjacent to an activating group) is 1. The monoisotopic (exact) mass is 572 g/mol. The molecule has 2 heterocycles. The lowest BCUT2D eigenvalue weighted by Crippen LogP contribution is -2.50. The van der Waals surface area contributed by atoms with Gasteiger partial charge in [0.1, 0.15) is 10.3 Å². The number of rotatable bonds is 8. The Morgan fingerprint density at radius 3 is 2.56 bits per heavy atom. The van der Waals surface area contributed by atoms with Gasteiger partial charge < -0.3 is 25.4 Å². The van der Waals surface area contributed by atoms with Gasteiger partial charge >= 0.3 is 6.03 Å². The molecule has 1 aliphatic heterocycles. The first-order valence-electron chi connectivity index (χ1n) is 12.5. The normalized spacial score (nSPS) is 18.5. The van der Waals surface area contributed by atoms with E-state index in [0.717, 1.165) is 11.3 Å². The van der Waals surface area contributed by atoms with Gasteiger partial charge in [0.05, 0.1) is 30.4 Å². The largest absolute Gasteiger partial charge is 0.486 e. The third kappa shape index (κ3) is 6.41. The maximum Gasteiger partial charge on any atom is 0.323 e. The molecule has 3 atom stereocenters. The first kappa shape index (κ1) is 28.6. The van der Waals surface area contributed by atoms with Gasteiger partial charge in [-0.1, -0.05) is 37.3 Å². The Balaban J connectivity index is 1.69. The smallest absolute Gasteiger partial charge is 0.323 e. The number of nitrogens with one attached hydrogen (secondary N) is 2. The number of sulfonamides is 1. The van der Waals surface area contributed by atoms with E-state index in [1.807, 2.05) is 13.0 Å². The number of anilines is 2. The summed E-state index contributed by atoms with van der Waals surface area (Å²) in [5, 5.41) is 17.1. The van der Waals surface area contributed by atoms with Crippen LogP contribution in [-0.4, -0.2) is 73.6 Å². The van der Waals surface area contributed by atoms with Crippen molar-refractivity contribution in [2.45, 2.75) is 30.2 Å². The second-order valence-corrected chi connectivity index (χ2v) is 12.7. The van der Waals surface area contributed by atoms with E-state index in [-0.39, 0.29) is 52.7 Å². The summed E-state index contributed by atoms with van der Waals surface area (Å²) in [6.07, 6.45) is -0.676. The van der Waals surface area contributed by atoms with Crippen LogP contribution in [0.15, 0.2) is 70.3 Å². The number of aliphatic hydroxyl groups excluding tert-OH is 1. The van der Waals surface area contributed by atoms with Crippen LogP contribution in [0.2, 0.25) is 0 Å². The summed E-state index contributed by atoms with van der Waals surface area (Å²) >= 11 is 1.13. The SMILES string of the molecule is C[C@H](CO)N1C[C@H](C)[C@H](CN(C)S(=O)(=O)c2cccs2)Oc2c(NC(=O)Nc3ccccc3)cccc2C1=O. The Morgan fingerprint density at radius 1 is 1.15 bits per heavy atom. The minimum Gasteiger partial charge on any atom is -0.486 e. The second-order valence-electron chi connectivity index (χ2n) is 9.47. The first-order chi connectivity index (χ1) is 18.6. The Hall–Kier alpha value is -3.45. The lowest BCUT2D eigenvalue weighted by molar-refractivity contribution is 0.0389. The Bertz CT molecular complexity index is 1400. The molecule has 0 spiro atoms. The van der Waals surface area contributed by atoms with E-state index in [1.54, 1.807) is 71.8 Å². The molecule has 1 aromatic heterocycles. The first-order valence-corrected chi connectivity index (χ1v) is 14.8. The summed E-state index contributed by atoms with van der Waals surface area (Å²) < 4.78 is 34.1. The van der Waals surface area contributed by atoms with E-state index < -0.39 is 28.2 Å². The minimum absolute atomic E-state index is 0.000915. The minimum atomic E-state index is -3.75. The molecule has 3 aromatic rings. The molecule has 3 N–H and O–H groups in total. The predicted octanol–water partition coefficient (Wildman–Crippen LogP) is 3.93. The number of carbonyl (C=O) groups excluding carboxylic acids is 2. The number of nitrogens with zero attached hydrogens (tertiary/aromatic N) is 2. The molecule has 0 aliphatic carbocycles. The molecule has 0 radical (unpaired) electrons. The summed E-state index contributed by atoms with van der Waals surface area (Å²) in [6, 6.07) is 15.9. The van der Waals surface area contributed by atoms with Gasteiger partial charge in [0.2, 0.25) is 0 Å². The molecule has 0 fully saturated rings. The molecule has 0 saturated carbocycles. The van der Waals surface area contributed by atoms with Crippen molar-refractivity contribution in [3.05, 3.63) is 71.6 Å². The summed E-state index contributed by atoms with van der Waals surface area (Å²) in [7, 11) is -2.27. The van der Waals surface area contributed by atoms with Gasteiger partial charge in [-0.2, -0.15) is 4.31 Å². The standard InChI is InChI=1S/C27H32N4O6S2/c1-18-15-31(19(2)17-32)26(33)21-11-7-12-22(29-27(34)28-20-9-5-4-6-10-20)25(21)37-23(18)16-30(3)39(35,36)24-13-8-14-38-24/h4-14,18-19,23,32H,15-17H2,1-3H3,(H2,28,29,34)/t18-,19+,23-/m0/s1. The van der Waals surface area contributed by atoms with E-state index in [0.29, 0.717) is 5.69 Å². The summed E-state index contributed by atoms with van der Waals surface area (Å²) in [6.45, 7) is 3.60. The predicted molar refractivity (Wildman–Crippen MR) is 151 cm³/mol. The number of fused-ring (bicyclic) bond motifs is 1. The molecular formula is C27H32N4O6S2. The van der Waals surface area contributed by atoms with Crippen LogP contribution in [0.3, 0.4) is 0 Å². The number of hydrogen-bond acceptors (Lipinski definition) is 7. The third-order valence-electron chi connectivity index (χ3n) is 6.57. The summed E-state index contributed by atoms with van der Waals surface area (Å²) in [4.78, 5) is 28.0. The zero-order valence-corrected chi connectivity index (χ0v) is 23.5. The number of carbonyl (C=O) groups is 2. The van der Waals surface area contributed by atoms with Gasteiger partial charge in [0.15, 0.2) is 5.75 Å². The fraction of sp³-hybridized carbons (Fsp3) is 0.333. The highest BCUT2D eigenvalue weighted by Gasteiger charge is 2.36. The summed E-state index contributed by atoms with van der Waals surface area (Å²) in [5.41, 5.74) is 1.04. The molecule has 2 aromatic carbocycles. The van der Waals surface area contributed by atoms with Crippen molar-refractivity contribution in [1.29, 1.82) is 0 Å². The van der Waals surface area contributed by atoms with Crippen LogP contribution >= 0.6 is 11.3 Å². The van der Waals surface area contributed by atoms with E-state index in [1.165, 1.54) is 11.4 Å². The number of para-hydroxylation sites is 2. The highest BCUT2D eigenvalue weighted by molar-refractivity contribution is 7.91. The molecule has 12 heteroatoms. The van der Waals surface area contributed by atoms with Crippen molar-refractivity contribution < 1.29 is 27.9 Å². The lowest BCUT2D eigenvalue weighted by Gasteiger charge is -2.38. The molecular weight excluding hydrogens is 540 g/mol. The van der Waals surface area contributed by atoms with Crippen LogP contribution in [0.5, 0.6) is 5.75 Å². The fourth-order valence-corrected chi connectivity index (χ4v) is 6.67. The highest BCUT2D eigenvalue weighted by Crippen LogP contribution is 2.35. The molecule has 0 bridgehead atoms. The average molecular weight is 573 g/mol. The molecule has 0 saturated heterocycles. The fourth-order valence-electron chi connectivity index (χ4n) is 4.28. The van der Waals surface area contributed by atoms with Crippen LogP contribution in [0.25, 0.3) is 0 Å². The van der Waals surface area contributed by atoms with Crippen molar-refractivity contribution in [2.24, 2.45) is 5.92 Å². The lowest BCUT2D eigenvalue weighted by atomic mass is 9.99. The topological polar surface area (TPSA) is 128 Å². The molecule has 0 unspecified atom stereocenters. The van der Waals surface area contributed by atoms with Gasteiger partial charge in [-0.05, 0) is 42.6 Å². The molecule has 208 valence electrons. The Kier molecular flexibility index (Phi) is 8.90. The number of ether oxygens (including phenoxy) is 1. The van der Waals surface area contributed by atoms with E-state index in [4.69, 9.17) is 4.74 Å². The van der Waals surface area contributed by atoms with Gasteiger partial charge in [-0.15, -0.1) is 11.3 Å². The van der Waals surface area contributed by atoms with Crippen LogP contribution in [0.4, 0.5) is 16.2 Å². The van der Waals surface area contributed by atoms with E-state index in [9.17, 15) is 23.1 Å². The quantitative estimate of drug-likeness (QED) is 0.375. The second kappa shape index (κ2) is 12.2. The van der Waals surface area contributed by atoms with Gasteiger partial charge in [-0.25, -0.2) is 13.2 Å². The van der Waals surface area contributed by atoms with Crippen molar-refractivity contribution >= 4 is 44.7 Å². The number of urea groups is 1. The maximum absolute atomic E-state index is 13.6. The molecule has 39 heavy (non-hydrogen) atoms. The molecule has 3 amide bonds. The molecule has 10 nitrogen and oxygen atoms in total. The third-order valence-corrected chi connectivity index (χ3v) is 9.76. The number of aliphatic hydroxyl groups is 1. The van der Waals surface area contributed by atoms with Crippen molar-refractivity contribution in [2.75, 3.05) is 37.4 Å². The van der Waals surface area contributed by atoms with Crippen LogP contribution in [0.1, 0.15) is 24.2 Å². The van der Waals surface area contributed by atoms with Crippen molar-refractivity contribution in [3.63, 3.8) is 0 Å². The van der Waals surface area contributed by atoms with Gasteiger partial charge in [0, 0.05) is 25.2 Å². The van der Waals surface area contributed by atoms with E-state index >= 15 is 0 Å². The zero-order chi connectivity index (χ0) is 28.2.